The Morgan fingerprint density at radius 2 is 1.89 bits per heavy atom. The van der Waals surface area contributed by atoms with Crippen molar-refractivity contribution in [2.24, 2.45) is 10.7 Å². The van der Waals surface area contributed by atoms with E-state index in [-0.39, 0.29) is 35.8 Å². The maximum atomic E-state index is 15.5. The Morgan fingerprint density at radius 1 is 1.16 bits per heavy atom. The van der Waals surface area contributed by atoms with Gasteiger partial charge in [0.25, 0.3) is 5.56 Å². The number of amides is 1. The molecule has 2 N–H and O–H groups in total. The van der Waals surface area contributed by atoms with E-state index in [4.69, 9.17) is 5.73 Å². The lowest BCUT2D eigenvalue weighted by Gasteiger charge is -2.22. The molecule has 10 heteroatoms. The molecule has 1 aliphatic rings. The van der Waals surface area contributed by atoms with E-state index in [1.807, 2.05) is 13.8 Å². The number of amidine groups is 1. The summed E-state index contributed by atoms with van der Waals surface area (Å²) in [6.07, 6.45) is 6.52. The molecule has 3 aromatic rings. The Hall–Kier alpha value is -3.66. The van der Waals surface area contributed by atoms with Crippen LogP contribution in [0.4, 0.5) is 10.1 Å². The first kappa shape index (κ1) is 27.4. The number of halogens is 1. The molecule has 0 spiro atoms. The molecule has 1 aliphatic heterocycles. The maximum absolute atomic E-state index is 15.5. The van der Waals surface area contributed by atoms with Crippen molar-refractivity contribution in [3.05, 3.63) is 63.8 Å². The van der Waals surface area contributed by atoms with Crippen LogP contribution in [0.25, 0.3) is 28.0 Å². The van der Waals surface area contributed by atoms with Gasteiger partial charge in [0.2, 0.25) is 5.91 Å². The quantitative estimate of drug-likeness (QED) is 0.444. The van der Waals surface area contributed by atoms with Gasteiger partial charge >= 0.3 is 0 Å². The van der Waals surface area contributed by atoms with Gasteiger partial charge in [-0.25, -0.2) is 14.1 Å². The zero-order valence-electron chi connectivity index (χ0n) is 21.9. The number of aliphatic imine (C=N–C) groups is 1. The minimum Gasteiger partial charge on any atom is -0.387 e. The SMILES string of the molecule is CCCN(CCC)C(=O)C1=Cc2c(F)cc(-c3ccc4c(=O)n(CCS(C)=O)ncc4c3)cc2N=C(N)C1. The van der Waals surface area contributed by atoms with Gasteiger partial charge in [-0.2, -0.15) is 5.10 Å². The van der Waals surface area contributed by atoms with Crippen molar-refractivity contribution >= 4 is 45.1 Å². The second-order valence-corrected chi connectivity index (χ2v) is 10.9. The standard InChI is InChI=1S/C28H32FN5O3S/c1-4-8-33(9-5-2)27(35)20-13-23-24(29)14-19(15-25(23)32-26(30)16-20)18-6-7-22-21(12-18)17-31-34(28(22)36)10-11-38(3)37/h6-7,12-15,17H,4-5,8-11,16H2,1-3H3,(H2,30,32). The topological polar surface area (TPSA) is 111 Å². The third-order valence-corrected chi connectivity index (χ3v) is 7.14. The van der Waals surface area contributed by atoms with Gasteiger partial charge in [0, 0.05) is 58.8 Å². The minimum atomic E-state index is -1.03. The molecule has 1 aromatic heterocycles. The number of nitrogens with zero attached hydrogens (tertiary/aromatic N) is 4. The molecule has 2 aromatic carbocycles. The van der Waals surface area contributed by atoms with E-state index in [2.05, 4.69) is 10.1 Å². The van der Waals surface area contributed by atoms with Crippen molar-refractivity contribution in [2.45, 2.75) is 39.7 Å². The third-order valence-electron chi connectivity index (χ3n) is 6.39. The number of aryl methyl sites for hydroxylation is 1. The molecule has 0 saturated heterocycles. The van der Waals surface area contributed by atoms with Crippen LogP contribution in [0.15, 0.2) is 51.9 Å². The van der Waals surface area contributed by atoms with Gasteiger partial charge < -0.3 is 10.6 Å². The van der Waals surface area contributed by atoms with E-state index in [0.29, 0.717) is 52.0 Å². The molecule has 0 saturated carbocycles. The molecule has 38 heavy (non-hydrogen) atoms. The lowest BCUT2D eigenvalue weighted by Crippen LogP contribution is -2.34. The average molecular weight is 538 g/mol. The highest BCUT2D eigenvalue weighted by molar-refractivity contribution is 7.84. The Balaban J connectivity index is 1.72. The summed E-state index contributed by atoms with van der Waals surface area (Å²) in [7, 11) is -1.03. The van der Waals surface area contributed by atoms with Gasteiger partial charge in [-0.1, -0.05) is 19.9 Å². The molecule has 200 valence electrons. The summed E-state index contributed by atoms with van der Waals surface area (Å²) >= 11 is 0. The van der Waals surface area contributed by atoms with E-state index in [0.717, 1.165) is 12.8 Å². The van der Waals surface area contributed by atoms with Crippen LogP contribution in [-0.2, 0) is 22.1 Å². The highest BCUT2D eigenvalue weighted by Crippen LogP contribution is 2.35. The second-order valence-electron chi connectivity index (χ2n) is 9.38. The molecule has 8 nitrogen and oxygen atoms in total. The Morgan fingerprint density at radius 3 is 2.58 bits per heavy atom. The number of hydrogen-bond donors (Lipinski definition) is 1. The third kappa shape index (κ3) is 5.91. The number of rotatable bonds is 9. The van der Waals surface area contributed by atoms with Gasteiger partial charge in [0.05, 0.1) is 23.8 Å². The van der Waals surface area contributed by atoms with Crippen molar-refractivity contribution in [3.63, 3.8) is 0 Å². The van der Waals surface area contributed by atoms with Gasteiger partial charge in [-0.15, -0.1) is 0 Å². The van der Waals surface area contributed by atoms with Crippen LogP contribution in [0.5, 0.6) is 0 Å². The monoisotopic (exact) mass is 537 g/mol. The number of fused-ring (bicyclic) bond motifs is 2. The lowest BCUT2D eigenvalue weighted by atomic mass is 9.98. The van der Waals surface area contributed by atoms with Crippen molar-refractivity contribution < 1.29 is 13.4 Å². The smallest absolute Gasteiger partial charge is 0.274 e. The normalized spacial score (nSPS) is 13.9. The van der Waals surface area contributed by atoms with E-state index in [9.17, 15) is 13.8 Å². The fraction of sp³-hybridized carbons (Fsp3) is 0.357. The van der Waals surface area contributed by atoms with Crippen LogP contribution in [0.1, 0.15) is 38.7 Å². The largest absolute Gasteiger partial charge is 0.387 e. The van der Waals surface area contributed by atoms with Crippen LogP contribution in [0.2, 0.25) is 0 Å². The Kier molecular flexibility index (Phi) is 8.51. The predicted octanol–water partition coefficient (Wildman–Crippen LogP) is 4.01. The molecular weight excluding hydrogens is 505 g/mol. The van der Waals surface area contributed by atoms with E-state index < -0.39 is 16.6 Å². The first-order chi connectivity index (χ1) is 18.2. The molecule has 1 amide bonds. The highest BCUT2D eigenvalue weighted by Gasteiger charge is 2.23. The molecule has 0 aliphatic carbocycles. The molecule has 0 radical (unpaired) electrons. The van der Waals surface area contributed by atoms with Crippen molar-refractivity contribution in [1.29, 1.82) is 0 Å². The number of benzene rings is 2. The van der Waals surface area contributed by atoms with Crippen molar-refractivity contribution in [1.82, 2.24) is 14.7 Å². The summed E-state index contributed by atoms with van der Waals surface area (Å²) < 4.78 is 28.2. The molecular formula is C28H32FN5O3S. The number of aromatic nitrogens is 2. The van der Waals surface area contributed by atoms with Crippen LogP contribution in [-0.4, -0.2) is 55.7 Å². The summed E-state index contributed by atoms with van der Waals surface area (Å²) in [6.45, 7) is 5.53. The number of nitrogens with two attached hydrogens (primary N) is 1. The first-order valence-electron chi connectivity index (χ1n) is 12.7. The second kappa shape index (κ2) is 11.8. The van der Waals surface area contributed by atoms with E-state index >= 15 is 4.39 Å². The van der Waals surface area contributed by atoms with Gasteiger partial charge in [0.1, 0.15) is 11.7 Å². The summed E-state index contributed by atoms with van der Waals surface area (Å²) in [5, 5.41) is 5.28. The average Bonchev–Trinajstić information content (AvgIpc) is 3.06. The van der Waals surface area contributed by atoms with E-state index in [1.54, 1.807) is 47.7 Å². The van der Waals surface area contributed by atoms with Crippen molar-refractivity contribution in [3.8, 4) is 11.1 Å². The van der Waals surface area contributed by atoms with Crippen molar-refractivity contribution in [2.75, 3.05) is 25.1 Å². The zero-order chi connectivity index (χ0) is 27.4. The Bertz CT molecular complexity index is 1520. The fourth-order valence-electron chi connectivity index (χ4n) is 4.56. The molecule has 1 unspecified atom stereocenters. The van der Waals surface area contributed by atoms with Crippen LogP contribution < -0.4 is 11.3 Å². The number of carbonyl (C=O) groups is 1. The summed E-state index contributed by atoms with van der Waals surface area (Å²) in [5.41, 5.74) is 8.13. The highest BCUT2D eigenvalue weighted by atomic mass is 32.2. The number of carbonyl (C=O) groups excluding carboxylic acids is 1. The van der Waals surface area contributed by atoms with Crippen LogP contribution in [0.3, 0.4) is 0 Å². The Labute approximate surface area is 223 Å². The minimum absolute atomic E-state index is 0.145. The van der Waals surface area contributed by atoms with Crippen LogP contribution >= 0.6 is 0 Å². The first-order valence-corrected chi connectivity index (χ1v) is 14.4. The van der Waals surface area contributed by atoms with Gasteiger partial charge in [0.15, 0.2) is 0 Å². The van der Waals surface area contributed by atoms with Crippen LogP contribution in [0, 0.1) is 5.82 Å². The summed E-state index contributed by atoms with van der Waals surface area (Å²) in [5.74, 6) is -0.0870. The summed E-state index contributed by atoms with van der Waals surface area (Å²) in [6, 6.07) is 8.33. The van der Waals surface area contributed by atoms with Gasteiger partial charge in [-0.3, -0.25) is 13.8 Å². The molecule has 0 bridgehead atoms. The molecule has 2 heterocycles. The summed E-state index contributed by atoms with van der Waals surface area (Å²) in [4.78, 5) is 32.2. The number of hydrogen-bond acceptors (Lipinski definition) is 6. The maximum Gasteiger partial charge on any atom is 0.274 e. The molecule has 0 fully saturated rings. The lowest BCUT2D eigenvalue weighted by molar-refractivity contribution is -0.127. The van der Waals surface area contributed by atoms with E-state index in [1.165, 1.54) is 10.7 Å². The molecule has 1 atom stereocenters. The van der Waals surface area contributed by atoms with Gasteiger partial charge in [-0.05, 0) is 54.3 Å². The fourth-order valence-corrected chi connectivity index (χ4v) is 4.99. The zero-order valence-corrected chi connectivity index (χ0v) is 22.7. The predicted molar refractivity (Wildman–Crippen MR) is 151 cm³/mol. The molecule has 4 rings (SSSR count).